The van der Waals surface area contributed by atoms with Gasteiger partial charge in [0.2, 0.25) is 5.91 Å². The van der Waals surface area contributed by atoms with E-state index in [1.807, 2.05) is 6.20 Å². The number of pyridine rings is 1. The topological polar surface area (TPSA) is 45.2 Å². The molecule has 0 unspecified atom stereocenters. The second-order valence-corrected chi connectivity index (χ2v) is 6.97. The molecule has 1 fully saturated rings. The van der Waals surface area contributed by atoms with E-state index in [1.165, 1.54) is 5.56 Å². The van der Waals surface area contributed by atoms with E-state index in [9.17, 15) is 4.79 Å². The van der Waals surface area contributed by atoms with Crippen LogP contribution in [0.2, 0.25) is 0 Å². The summed E-state index contributed by atoms with van der Waals surface area (Å²) in [5.74, 6) is 0.374. The predicted molar refractivity (Wildman–Crippen MR) is 87.1 cm³/mol. The summed E-state index contributed by atoms with van der Waals surface area (Å²) in [6, 6.07) is 4.31. The van der Waals surface area contributed by atoms with Gasteiger partial charge in [-0.25, -0.2) is 0 Å². The zero-order valence-electron chi connectivity index (χ0n) is 13.6. The minimum atomic E-state index is 0. The van der Waals surface area contributed by atoms with Gasteiger partial charge in [-0.1, -0.05) is 26.8 Å². The van der Waals surface area contributed by atoms with Crippen molar-refractivity contribution in [1.29, 1.82) is 0 Å². The zero-order chi connectivity index (χ0) is 15.5. The van der Waals surface area contributed by atoms with Gasteiger partial charge in [0.15, 0.2) is 0 Å². The summed E-state index contributed by atoms with van der Waals surface area (Å²) in [7, 11) is 1.72. The van der Waals surface area contributed by atoms with Crippen LogP contribution in [0.5, 0.6) is 0 Å². The first-order valence-corrected chi connectivity index (χ1v) is 7.79. The predicted octanol–water partition coefficient (Wildman–Crippen LogP) is 2.58. The van der Waals surface area contributed by atoms with Crippen molar-refractivity contribution in [2.24, 2.45) is 5.92 Å². The van der Waals surface area contributed by atoms with Gasteiger partial charge in [0.1, 0.15) is 0 Å². The van der Waals surface area contributed by atoms with Gasteiger partial charge in [0.25, 0.3) is 0 Å². The number of rotatable bonds is 3. The maximum atomic E-state index is 11.6. The Labute approximate surface area is 129 Å². The van der Waals surface area contributed by atoms with Crippen LogP contribution in [-0.2, 0) is 16.8 Å². The number of amides is 1. The van der Waals surface area contributed by atoms with E-state index in [2.05, 4.69) is 48.1 Å². The standard InChI is InChI=1S/C17H27N3O.H2/c1-17(2,3)15-6-5-13(11-19-15)12-20-9-7-14(8-10-20)16(21)18-4;/h5-6,11,14H,7-10,12H2,1-4H3,(H,18,21);1H. The second kappa shape index (κ2) is 6.56. The smallest absolute Gasteiger partial charge is 0.222 e. The molecular formula is C17H29N3O. The number of carbonyl (C=O) groups excluding carboxylic acids is 1. The molecule has 0 aliphatic carbocycles. The Hall–Kier alpha value is -1.42. The average Bonchev–Trinajstić information content (AvgIpc) is 2.47. The summed E-state index contributed by atoms with van der Waals surface area (Å²) < 4.78 is 0. The summed E-state index contributed by atoms with van der Waals surface area (Å²) in [6.45, 7) is 9.44. The van der Waals surface area contributed by atoms with Gasteiger partial charge >= 0.3 is 0 Å². The molecule has 1 amide bonds. The fourth-order valence-electron chi connectivity index (χ4n) is 2.78. The average molecular weight is 291 g/mol. The number of likely N-dealkylation sites (tertiary alicyclic amines) is 1. The third-order valence-electron chi connectivity index (χ3n) is 4.20. The van der Waals surface area contributed by atoms with Gasteiger partial charge in [0, 0.05) is 38.2 Å². The van der Waals surface area contributed by atoms with Crippen molar-refractivity contribution in [2.75, 3.05) is 20.1 Å². The number of nitrogens with zero attached hydrogens (tertiary/aromatic N) is 2. The van der Waals surface area contributed by atoms with Crippen molar-refractivity contribution < 1.29 is 6.22 Å². The summed E-state index contributed by atoms with van der Waals surface area (Å²) >= 11 is 0. The van der Waals surface area contributed by atoms with E-state index in [-0.39, 0.29) is 18.7 Å². The van der Waals surface area contributed by atoms with E-state index in [0.29, 0.717) is 0 Å². The molecule has 0 aromatic carbocycles. The highest BCUT2D eigenvalue weighted by Gasteiger charge is 2.24. The highest BCUT2D eigenvalue weighted by Crippen LogP contribution is 2.21. The molecular weight excluding hydrogens is 262 g/mol. The molecule has 0 saturated carbocycles. The lowest BCUT2D eigenvalue weighted by atomic mass is 9.91. The minimum Gasteiger partial charge on any atom is -0.359 e. The molecule has 4 heteroatoms. The Morgan fingerprint density at radius 3 is 2.52 bits per heavy atom. The van der Waals surface area contributed by atoms with E-state index in [1.54, 1.807) is 7.05 Å². The van der Waals surface area contributed by atoms with Gasteiger partial charge in [-0.15, -0.1) is 0 Å². The van der Waals surface area contributed by atoms with Crippen LogP contribution in [0.3, 0.4) is 0 Å². The Bertz CT molecular complexity index is 474. The summed E-state index contributed by atoms with van der Waals surface area (Å²) in [4.78, 5) is 18.6. The van der Waals surface area contributed by atoms with Gasteiger partial charge in [-0.3, -0.25) is 14.7 Å². The number of hydrogen-bond donors (Lipinski definition) is 1. The molecule has 1 N–H and O–H groups in total. The molecule has 0 bridgehead atoms. The molecule has 4 nitrogen and oxygen atoms in total. The van der Waals surface area contributed by atoms with Crippen LogP contribution in [0.15, 0.2) is 18.3 Å². The summed E-state index contributed by atoms with van der Waals surface area (Å²) in [5.41, 5.74) is 2.48. The first-order chi connectivity index (χ1) is 9.90. The SMILES string of the molecule is CNC(=O)C1CCN(Cc2ccc(C(C)(C)C)nc2)CC1.[HH]. The van der Waals surface area contributed by atoms with Crippen LogP contribution >= 0.6 is 0 Å². The third-order valence-corrected chi connectivity index (χ3v) is 4.20. The van der Waals surface area contributed by atoms with Crippen molar-refractivity contribution in [1.82, 2.24) is 15.2 Å². The fraction of sp³-hybridized carbons (Fsp3) is 0.647. The van der Waals surface area contributed by atoms with Crippen LogP contribution in [0.1, 0.15) is 46.3 Å². The number of carbonyl (C=O) groups is 1. The van der Waals surface area contributed by atoms with Crippen molar-refractivity contribution in [3.63, 3.8) is 0 Å². The van der Waals surface area contributed by atoms with Gasteiger partial charge in [0.05, 0.1) is 0 Å². The van der Waals surface area contributed by atoms with Crippen LogP contribution in [-0.4, -0.2) is 35.9 Å². The Kier molecular flexibility index (Phi) is 4.99. The molecule has 0 radical (unpaired) electrons. The number of nitrogens with one attached hydrogen (secondary N) is 1. The Balaban J connectivity index is 0.00000242. The van der Waals surface area contributed by atoms with Crippen molar-refractivity contribution in [3.8, 4) is 0 Å². The van der Waals surface area contributed by atoms with E-state index >= 15 is 0 Å². The molecule has 0 atom stereocenters. The van der Waals surface area contributed by atoms with E-state index < -0.39 is 0 Å². The second-order valence-electron chi connectivity index (χ2n) is 6.97. The molecule has 1 aliphatic rings. The Morgan fingerprint density at radius 1 is 1.38 bits per heavy atom. The quantitative estimate of drug-likeness (QED) is 0.931. The van der Waals surface area contributed by atoms with Crippen LogP contribution in [0, 0.1) is 5.92 Å². The number of aromatic nitrogens is 1. The van der Waals surface area contributed by atoms with E-state index in [4.69, 9.17) is 0 Å². The van der Waals surface area contributed by atoms with Crippen molar-refractivity contribution >= 4 is 5.91 Å². The number of piperidine rings is 1. The molecule has 21 heavy (non-hydrogen) atoms. The van der Waals surface area contributed by atoms with Gasteiger partial charge < -0.3 is 5.32 Å². The van der Waals surface area contributed by atoms with Crippen LogP contribution in [0.25, 0.3) is 0 Å². The minimum absolute atomic E-state index is 0. The number of hydrogen-bond acceptors (Lipinski definition) is 3. The van der Waals surface area contributed by atoms with Crippen molar-refractivity contribution in [2.45, 2.75) is 45.6 Å². The fourth-order valence-corrected chi connectivity index (χ4v) is 2.78. The lowest BCUT2D eigenvalue weighted by Gasteiger charge is -2.31. The zero-order valence-corrected chi connectivity index (χ0v) is 13.6. The van der Waals surface area contributed by atoms with E-state index in [0.717, 1.165) is 38.2 Å². The normalized spacial score (nSPS) is 17.7. The highest BCUT2D eigenvalue weighted by atomic mass is 16.1. The summed E-state index contributed by atoms with van der Waals surface area (Å²) in [6.07, 6.45) is 3.89. The van der Waals surface area contributed by atoms with Gasteiger partial charge in [-0.05, 0) is 37.6 Å². The molecule has 2 heterocycles. The highest BCUT2D eigenvalue weighted by molar-refractivity contribution is 5.78. The first kappa shape index (κ1) is 16.0. The Morgan fingerprint density at radius 2 is 2.05 bits per heavy atom. The lowest BCUT2D eigenvalue weighted by Crippen LogP contribution is -2.39. The largest absolute Gasteiger partial charge is 0.359 e. The maximum Gasteiger partial charge on any atom is 0.222 e. The monoisotopic (exact) mass is 291 g/mol. The molecule has 118 valence electrons. The molecule has 0 spiro atoms. The lowest BCUT2D eigenvalue weighted by molar-refractivity contribution is -0.125. The summed E-state index contributed by atoms with van der Waals surface area (Å²) in [5, 5.41) is 2.75. The maximum absolute atomic E-state index is 11.6. The van der Waals surface area contributed by atoms with Crippen molar-refractivity contribution in [3.05, 3.63) is 29.6 Å². The first-order valence-electron chi connectivity index (χ1n) is 7.79. The molecule has 1 aromatic heterocycles. The van der Waals surface area contributed by atoms with Crippen LogP contribution < -0.4 is 5.32 Å². The molecule has 1 aliphatic heterocycles. The molecule has 2 rings (SSSR count). The van der Waals surface area contributed by atoms with Gasteiger partial charge in [-0.2, -0.15) is 0 Å². The molecule has 1 saturated heterocycles. The molecule has 1 aromatic rings. The third kappa shape index (κ3) is 4.27. The van der Waals surface area contributed by atoms with Crippen LogP contribution in [0.4, 0.5) is 0 Å².